The average Bonchev–Trinajstić information content (AvgIpc) is 2.75. The number of thioether (sulfide) groups is 1. The lowest BCUT2D eigenvalue weighted by Crippen LogP contribution is -1.94. The van der Waals surface area contributed by atoms with Gasteiger partial charge in [0.2, 0.25) is 0 Å². The minimum atomic E-state index is 0.297. The molecule has 2 rings (SSSR count). The fourth-order valence-electron chi connectivity index (χ4n) is 1.49. The quantitative estimate of drug-likeness (QED) is 0.613. The highest BCUT2D eigenvalue weighted by atomic mass is 32.2. The van der Waals surface area contributed by atoms with Crippen LogP contribution in [0.4, 0.5) is 0 Å². The molecule has 0 aliphatic carbocycles. The first-order valence-corrected chi connectivity index (χ1v) is 6.16. The molecule has 1 heterocycles. The van der Waals surface area contributed by atoms with E-state index in [-0.39, 0.29) is 0 Å². The molecule has 0 aliphatic rings. The topological polar surface area (TPSA) is 30.7 Å². The summed E-state index contributed by atoms with van der Waals surface area (Å²) in [5, 5.41) is 9.12. The van der Waals surface area contributed by atoms with Crippen molar-refractivity contribution in [3.05, 3.63) is 41.7 Å². The van der Waals surface area contributed by atoms with Gasteiger partial charge in [-0.15, -0.1) is 16.6 Å². The summed E-state index contributed by atoms with van der Waals surface area (Å²) < 4.78 is 1.91. The molecule has 0 radical (unpaired) electrons. The summed E-state index contributed by atoms with van der Waals surface area (Å²) >= 11 is 1.67. The maximum absolute atomic E-state index is 5.40. The van der Waals surface area contributed by atoms with Crippen molar-refractivity contribution in [3.8, 4) is 12.3 Å². The first kappa shape index (κ1) is 11.7. The maximum atomic E-state index is 5.40. The number of rotatable bonds is 3. The van der Waals surface area contributed by atoms with Crippen LogP contribution in [-0.2, 0) is 7.05 Å². The largest absolute Gasteiger partial charge is 0.312 e. The number of hydrogen-bond donors (Lipinski definition) is 0. The SMILES string of the molecule is C#Cc1cccc(C(C)Sc2nncn2C)c1. The second-order valence-corrected chi connectivity index (χ2v) is 5.06. The fourth-order valence-corrected chi connectivity index (χ4v) is 2.39. The molecule has 0 spiro atoms. The second kappa shape index (κ2) is 5.07. The van der Waals surface area contributed by atoms with Gasteiger partial charge in [0.25, 0.3) is 0 Å². The fraction of sp³-hybridized carbons (Fsp3) is 0.231. The Labute approximate surface area is 105 Å². The van der Waals surface area contributed by atoms with E-state index in [1.165, 1.54) is 5.56 Å². The molecule has 0 fully saturated rings. The lowest BCUT2D eigenvalue weighted by Gasteiger charge is -2.10. The predicted octanol–water partition coefficient (Wildman–Crippen LogP) is 2.65. The van der Waals surface area contributed by atoms with Gasteiger partial charge in [0.05, 0.1) is 0 Å². The monoisotopic (exact) mass is 243 g/mol. The first-order chi connectivity index (χ1) is 8.20. The van der Waals surface area contributed by atoms with Crippen molar-refractivity contribution in [3.63, 3.8) is 0 Å². The second-order valence-electron chi connectivity index (χ2n) is 3.75. The van der Waals surface area contributed by atoms with E-state index in [1.807, 2.05) is 29.8 Å². The molecule has 0 saturated carbocycles. The first-order valence-electron chi connectivity index (χ1n) is 5.28. The number of aromatic nitrogens is 3. The van der Waals surface area contributed by atoms with E-state index in [0.717, 1.165) is 10.7 Å². The molecule has 1 aromatic heterocycles. The maximum Gasteiger partial charge on any atom is 0.191 e. The molecule has 17 heavy (non-hydrogen) atoms. The number of nitrogens with zero attached hydrogens (tertiary/aromatic N) is 3. The van der Waals surface area contributed by atoms with Crippen LogP contribution >= 0.6 is 11.8 Å². The average molecular weight is 243 g/mol. The third-order valence-electron chi connectivity index (χ3n) is 2.47. The lowest BCUT2D eigenvalue weighted by atomic mass is 10.1. The number of aryl methyl sites for hydroxylation is 1. The van der Waals surface area contributed by atoms with Crippen LogP contribution in [0, 0.1) is 12.3 Å². The van der Waals surface area contributed by atoms with Crippen LogP contribution in [0.25, 0.3) is 0 Å². The predicted molar refractivity (Wildman–Crippen MR) is 69.7 cm³/mol. The van der Waals surface area contributed by atoms with Gasteiger partial charge in [-0.1, -0.05) is 29.8 Å². The summed E-state index contributed by atoms with van der Waals surface area (Å²) in [4.78, 5) is 0. The molecule has 86 valence electrons. The standard InChI is InChI=1S/C13H13N3S/c1-4-11-6-5-7-12(8-11)10(2)17-13-15-14-9-16(13)3/h1,5-10H,2-3H3. The van der Waals surface area contributed by atoms with E-state index < -0.39 is 0 Å². The van der Waals surface area contributed by atoms with Gasteiger partial charge < -0.3 is 4.57 Å². The van der Waals surface area contributed by atoms with Crippen molar-refractivity contribution < 1.29 is 0 Å². The van der Waals surface area contributed by atoms with Crippen LogP contribution in [-0.4, -0.2) is 14.8 Å². The summed E-state index contributed by atoms with van der Waals surface area (Å²) in [7, 11) is 1.94. The molecular weight excluding hydrogens is 230 g/mol. The zero-order valence-electron chi connectivity index (χ0n) is 9.79. The van der Waals surface area contributed by atoms with Gasteiger partial charge in [-0.25, -0.2) is 0 Å². The Hall–Kier alpha value is -1.73. The minimum absolute atomic E-state index is 0.297. The van der Waals surface area contributed by atoms with Gasteiger partial charge >= 0.3 is 0 Å². The Morgan fingerprint density at radius 2 is 2.29 bits per heavy atom. The molecule has 0 N–H and O–H groups in total. The van der Waals surface area contributed by atoms with Crippen molar-refractivity contribution in [2.24, 2.45) is 7.05 Å². The normalized spacial score (nSPS) is 12.1. The Morgan fingerprint density at radius 1 is 1.47 bits per heavy atom. The van der Waals surface area contributed by atoms with Crippen LogP contribution in [0.2, 0.25) is 0 Å². The van der Waals surface area contributed by atoms with Crippen LogP contribution < -0.4 is 0 Å². The third-order valence-corrected chi connectivity index (χ3v) is 3.68. The summed E-state index contributed by atoms with van der Waals surface area (Å²) in [6.07, 6.45) is 7.10. The lowest BCUT2D eigenvalue weighted by molar-refractivity contribution is 0.785. The van der Waals surface area contributed by atoms with Crippen molar-refractivity contribution in [1.82, 2.24) is 14.8 Å². The van der Waals surface area contributed by atoms with Crippen molar-refractivity contribution >= 4 is 11.8 Å². The van der Waals surface area contributed by atoms with Crippen LogP contribution in [0.15, 0.2) is 35.7 Å². The molecule has 0 aliphatic heterocycles. The summed E-state index contributed by atoms with van der Waals surface area (Å²) in [6.45, 7) is 2.13. The van der Waals surface area contributed by atoms with Gasteiger partial charge in [0, 0.05) is 17.9 Å². The molecule has 2 aromatic rings. The summed E-state index contributed by atoms with van der Waals surface area (Å²) in [6, 6.07) is 8.03. The van der Waals surface area contributed by atoms with Gasteiger partial charge in [-0.3, -0.25) is 0 Å². The molecule has 1 aromatic carbocycles. The van der Waals surface area contributed by atoms with E-state index in [4.69, 9.17) is 6.42 Å². The Balaban J connectivity index is 2.17. The van der Waals surface area contributed by atoms with Crippen LogP contribution in [0.1, 0.15) is 23.3 Å². The number of terminal acetylenes is 1. The zero-order chi connectivity index (χ0) is 12.3. The van der Waals surface area contributed by atoms with E-state index in [1.54, 1.807) is 18.1 Å². The molecule has 0 saturated heterocycles. The Morgan fingerprint density at radius 3 is 2.94 bits per heavy atom. The highest BCUT2D eigenvalue weighted by molar-refractivity contribution is 7.99. The molecule has 1 unspecified atom stereocenters. The van der Waals surface area contributed by atoms with Crippen molar-refractivity contribution in [2.75, 3.05) is 0 Å². The molecule has 3 nitrogen and oxygen atoms in total. The minimum Gasteiger partial charge on any atom is -0.312 e. The molecular formula is C13H13N3S. The van der Waals surface area contributed by atoms with E-state index in [9.17, 15) is 0 Å². The zero-order valence-corrected chi connectivity index (χ0v) is 10.6. The van der Waals surface area contributed by atoms with Gasteiger partial charge in [0.1, 0.15) is 6.33 Å². The highest BCUT2D eigenvalue weighted by Crippen LogP contribution is 2.33. The van der Waals surface area contributed by atoms with Gasteiger partial charge in [-0.2, -0.15) is 0 Å². The molecule has 4 heteroatoms. The summed E-state index contributed by atoms with van der Waals surface area (Å²) in [5.41, 5.74) is 2.11. The summed E-state index contributed by atoms with van der Waals surface area (Å²) in [5.74, 6) is 2.65. The third kappa shape index (κ3) is 2.69. The van der Waals surface area contributed by atoms with Gasteiger partial charge in [0.15, 0.2) is 5.16 Å². The van der Waals surface area contributed by atoms with Crippen LogP contribution in [0.5, 0.6) is 0 Å². The molecule has 0 bridgehead atoms. The smallest absolute Gasteiger partial charge is 0.191 e. The van der Waals surface area contributed by atoms with E-state index >= 15 is 0 Å². The van der Waals surface area contributed by atoms with E-state index in [2.05, 4.69) is 29.1 Å². The number of benzene rings is 1. The highest BCUT2D eigenvalue weighted by Gasteiger charge is 2.11. The van der Waals surface area contributed by atoms with Gasteiger partial charge in [-0.05, 0) is 24.6 Å². The Kier molecular flexibility index (Phi) is 3.50. The van der Waals surface area contributed by atoms with Crippen molar-refractivity contribution in [1.29, 1.82) is 0 Å². The van der Waals surface area contributed by atoms with Crippen LogP contribution in [0.3, 0.4) is 0 Å². The molecule has 1 atom stereocenters. The van der Waals surface area contributed by atoms with Crippen molar-refractivity contribution in [2.45, 2.75) is 17.3 Å². The Bertz CT molecular complexity index is 554. The number of hydrogen-bond acceptors (Lipinski definition) is 3. The van der Waals surface area contributed by atoms with E-state index in [0.29, 0.717) is 5.25 Å². The molecule has 0 amide bonds.